The Balaban J connectivity index is 1.63. The quantitative estimate of drug-likeness (QED) is 0.811. The number of nitrogens with zero attached hydrogens (tertiary/aromatic N) is 1. The molecule has 1 N–H and O–H groups in total. The highest BCUT2D eigenvalue weighted by molar-refractivity contribution is 7.93. The van der Waals surface area contributed by atoms with Crippen LogP contribution in [0.5, 0.6) is 5.75 Å². The molecule has 1 saturated heterocycles. The van der Waals surface area contributed by atoms with Crippen molar-refractivity contribution < 1.29 is 17.9 Å². The predicted octanol–water partition coefficient (Wildman–Crippen LogP) is 3.55. The lowest BCUT2D eigenvalue weighted by Crippen LogP contribution is -2.25. The van der Waals surface area contributed by atoms with Crippen molar-refractivity contribution >= 4 is 50.5 Å². The molecule has 0 aliphatic carbocycles. The first-order valence-electron chi connectivity index (χ1n) is 7.83. The molecule has 138 valence electrons. The molecule has 1 heterocycles. The van der Waals surface area contributed by atoms with Crippen LogP contribution in [0.4, 0.5) is 11.4 Å². The number of amides is 1. The minimum absolute atomic E-state index is 0.138. The van der Waals surface area contributed by atoms with Gasteiger partial charge in [-0.25, -0.2) is 8.42 Å². The molecule has 0 atom stereocenters. The monoisotopic (exact) mass is 414 g/mol. The molecule has 1 aliphatic heterocycles. The van der Waals surface area contributed by atoms with E-state index in [-0.39, 0.29) is 12.4 Å². The molecular formula is C17H16Cl2N2O4S. The summed E-state index contributed by atoms with van der Waals surface area (Å²) in [6.07, 6.45) is 0.592. The summed E-state index contributed by atoms with van der Waals surface area (Å²) in [5, 5.41) is 3.46. The van der Waals surface area contributed by atoms with E-state index in [4.69, 9.17) is 27.9 Å². The summed E-state index contributed by atoms with van der Waals surface area (Å²) in [5.74, 6) is 0.0970. The third kappa shape index (κ3) is 4.41. The van der Waals surface area contributed by atoms with Crippen LogP contribution in [-0.2, 0) is 14.8 Å². The fraction of sp³-hybridized carbons (Fsp3) is 0.235. The van der Waals surface area contributed by atoms with Crippen LogP contribution in [0.25, 0.3) is 0 Å². The van der Waals surface area contributed by atoms with Crippen LogP contribution in [0.2, 0.25) is 10.0 Å². The van der Waals surface area contributed by atoms with Crippen molar-refractivity contribution in [1.29, 1.82) is 0 Å². The Morgan fingerprint density at radius 1 is 1.19 bits per heavy atom. The second-order valence-corrected chi connectivity index (χ2v) is 8.56. The van der Waals surface area contributed by atoms with Crippen LogP contribution in [-0.4, -0.2) is 33.2 Å². The van der Waals surface area contributed by atoms with Crippen molar-refractivity contribution in [2.24, 2.45) is 0 Å². The average Bonchev–Trinajstić information content (AvgIpc) is 2.93. The van der Waals surface area contributed by atoms with Crippen molar-refractivity contribution in [3.8, 4) is 5.75 Å². The van der Waals surface area contributed by atoms with Gasteiger partial charge in [0, 0.05) is 17.3 Å². The van der Waals surface area contributed by atoms with Gasteiger partial charge in [0.05, 0.1) is 16.5 Å². The van der Waals surface area contributed by atoms with Crippen LogP contribution in [0.3, 0.4) is 0 Å². The zero-order valence-corrected chi connectivity index (χ0v) is 15.9. The Labute approximate surface area is 161 Å². The molecule has 1 aliphatic rings. The molecule has 3 rings (SSSR count). The first-order chi connectivity index (χ1) is 12.3. The van der Waals surface area contributed by atoms with E-state index in [1.807, 2.05) is 0 Å². The maximum atomic E-state index is 12.1. The van der Waals surface area contributed by atoms with Crippen LogP contribution in [0, 0.1) is 0 Å². The van der Waals surface area contributed by atoms with E-state index >= 15 is 0 Å². The second kappa shape index (κ2) is 7.73. The summed E-state index contributed by atoms with van der Waals surface area (Å²) < 4.78 is 30.7. The number of benzene rings is 2. The number of carbonyl (C=O) groups excluding carboxylic acids is 1. The fourth-order valence-electron chi connectivity index (χ4n) is 2.60. The molecule has 2 aromatic rings. The number of anilines is 2. The lowest BCUT2D eigenvalue weighted by molar-refractivity contribution is -0.118. The molecule has 0 saturated carbocycles. The Hall–Kier alpha value is -1.96. The zero-order chi connectivity index (χ0) is 18.7. The van der Waals surface area contributed by atoms with Gasteiger partial charge in [-0.05, 0) is 42.8 Å². The Morgan fingerprint density at radius 3 is 2.69 bits per heavy atom. The van der Waals surface area contributed by atoms with Gasteiger partial charge in [-0.3, -0.25) is 9.10 Å². The first-order valence-corrected chi connectivity index (χ1v) is 10.2. The van der Waals surface area contributed by atoms with Gasteiger partial charge in [0.1, 0.15) is 5.75 Å². The highest BCUT2D eigenvalue weighted by Gasteiger charge is 2.28. The smallest absolute Gasteiger partial charge is 0.262 e. The number of ether oxygens (including phenoxy) is 1. The molecule has 9 heteroatoms. The molecule has 2 aromatic carbocycles. The standard InChI is InChI=1S/C17H16Cl2N2O4S/c18-12-5-6-16(15(19)9-12)25-11-17(22)20-13-3-1-4-14(10-13)21-7-2-8-26(21,23)24/h1,3-6,9-10H,2,7-8,11H2,(H,20,22). The van der Waals surface area contributed by atoms with Gasteiger partial charge in [0.2, 0.25) is 10.0 Å². The van der Waals surface area contributed by atoms with Gasteiger partial charge in [0.25, 0.3) is 5.91 Å². The summed E-state index contributed by atoms with van der Waals surface area (Å²) in [6, 6.07) is 11.4. The number of rotatable bonds is 5. The second-order valence-electron chi connectivity index (χ2n) is 5.70. The first kappa shape index (κ1) is 18.8. The number of carbonyl (C=O) groups is 1. The fourth-order valence-corrected chi connectivity index (χ4v) is 4.62. The maximum Gasteiger partial charge on any atom is 0.262 e. The molecule has 26 heavy (non-hydrogen) atoms. The van der Waals surface area contributed by atoms with E-state index in [0.717, 1.165) is 0 Å². The third-order valence-electron chi connectivity index (χ3n) is 3.77. The normalized spacial score (nSPS) is 15.7. The minimum Gasteiger partial charge on any atom is -0.482 e. The average molecular weight is 415 g/mol. The summed E-state index contributed by atoms with van der Waals surface area (Å²) in [4.78, 5) is 12.1. The van der Waals surface area contributed by atoms with E-state index in [1.54, 1.807) is 36.4 Å². The largest absolute Gasteiger partial charge is 0.482 e. The van der Waals surface area contributed by atoms with Gasteiger partial charge >= 0.3 is 0 Å². The number of halogens is 2. The maximum absolute atomic E-state index is 12.1. The summed E-state index contributed by atoms with van der Waals surface area (Å²) in [7, 11) is -3.27. The molecule has 1 amide bonds. The van der Waals surface area contributed by atoms with Gasteiger partial charge in [-0.15, -0.1) is 0 Å². The highest BCUT2D eigenvalue weighted by Crippen LogP contribution is 2.28. The van der Waals surface area contributed by atoms with Crippen molar-refractivity contribution in [3.63, 3.8) is 0 Å². The third-order valence-corrected chi connectivity index (χ3v) is 6.17. The lowest BCUT2D eigenvalue weighted by atomic mass is 10.2. The predicted molar refractivity (Wildman–Crippen MR) is 103 cm³/mol. The lowest BCUT2D eigenvalue weighted by Gasteiger charge is -2.17. The van der Waals surface area contributed by atoms with Crippen molar-refractivity contribution in [3.05, 3.63) is 52.5 Å². The Bertz CT molecular complexity index is 934. The highest BCUT2D eigenvalue weighted by atomic mass is 35.5. The Kier molecular flexibility index (Phi) is 5.60. The van der Waals surface area contributed by atoms with E-state index in [2.05, 4.69) is 5.32 Å². The van der Waals surface area contributed by atoms with E-state index in [1.165, 1.54) is 10.4 Å². The molecule has 6 nitrogen and oxygen atoms in total. The van der Waals surface area contributed by atoms with E-state index < -0.39 is 15.9 Å². The van der Waals surface area contributed by atoms with Crippen molar-refractivity contribution in [1.82, 2.24) is 0 Å². The SMILES string of the molecule is O=C(COc1ccc(Cl)cc1Cl)Nc1cccc(N2CCCS2(=O)=O)c1. The van der Waals surface area contributed by atoms with E-state index in [9.17, 15) is 13.2 Å². The Morgan fingerprint density at radius 2 is 2.00 bits per heavy atom. The van der Waals surface area contributed by atoms with Crippen LogP contribution >= 0.6 is 23.2 Å². The summed E-state index contributed by atoms with van der Waals surface area (Å²) >= 11 is 11.8. The van der Waals surface area contributed by atoms with Gasteiger partial charge in [-0.2, -0.15) is 0 Å². The van der Waals surface area contributed by atoms with E-state index in [0.29, 0.717) is 40.1 Å². The number of hydrogen-bond acceptors (Lipinski definition) is 4. The molecule has 0 unspecified atom stereocenters. The summed E-state index contributed by atoms with van der Waals surface area (Å²) in [5.41, 5.74) is 1.02. The molecule has 0 aromatic heterocycles. The molecule has 1 fully saturated rings. The zero-order valence-electron chi connectivity index (χ0n) is 13.6. The van der Waals surface area contributed by atoms with Crippen LogP contribution in [0.1, 0.15) is 6.42 Å². The topological polar surface area (TPSA) is 75.7 Å². The van der Waals surface area contributed by atoms with Gasteiger partial charge < -0.3 is 10.1 Å². The van der Waals surface area contributed by atoms with Crippen molar-refractivity contribution in [2.45, 2.75) is 6.42 Å². The number of nitrogens with one attached hydrogen (secondary N) is 1. The van der Waals surface area contributed by atoms with Crippen molar-refractivity contribution in [2.75, 3.05) is 28.5 Å². The molecular weight excluding hydrogens is 399 g/mol. The summed E-state index contributed by atoms with van der Waals surface area (Å²) in [6.45, 7) is 0.200. The van der Waals surface area contributed by atoms with Crippen LogP contribution < -0.4 is 14.4 Å². The molecule has 0 spiro atoms. The number of sulfonamides is 1. The number of hydrogen-bond donors (Lipinski definition) is 1. The van der Waals surface area contributed by atoms with Gasteiger partial charge in [-0.1, -0.05) is 29.3 Å². The van der Waals surface area contributed by atoms with Gasteiger partial charge in [0.15, 0.2) is 6.61 Å². The van der Waals surface area contributed by atoms with Crippen LogP contribution in [0.15, 0.2) is 42.5 Å². The minimum atomic E-state index is -3.27. The molecule has 0 bridgehead atoms. The molecule has 0 radical (unpaired) electrons.